The lowest BCUT2D eigenvalue weighted by Gasteiger charge is -2.29. The number of oxime groups is 1. The molecule has 1 unspecified atom stereocenters. The number of carbonyl (C=O) groups is 1. The van der Waals surface area contributed by atoms with Gasteiger partial charge in [0.25, 0.3) is 0 Å². The summed E-state index contributed by atoms with van der Waals surface area (Å²) in [6.07, 6.45) is 3.52. The maximum absolute atomic E-state index is 10.9. The zero-order chi connectivity index (χ0) is 12.0. The molecular weight excluding hydrogens is 212 g/mol. The molecule has 0 aromatic carbocycles. The first kappa shape index (κ1) is 12.9. The number of rotatable bonds is 4. The molecule has 1 fully saturated rings. The van der Waals surface area contributed by atoms with Gasteiger partial charge in [-0.1, -0.05) is 11.6 Å². The number of esters is 1. The summed E-state index contributed by atoms with van der Waals surface area (Å²) in [5.74, 6) is -0.364. The van der Waals surface area contributed by atoms with E-state index in [4.69, 9.17) is 5.21 Å². The van der Waals surface area contributed by atoms with Crippen molar-refractivity contribution in [3.8, 4) is 0 Å². The summed E-state index contributed by atoms with van der Waals surface area (Å²) >= 11 is 0. The van der Waals surface area contributed by atoms with Crippen LogP contribution in [0.4, 0.5) is 0 Å². The predicted molar refractivity (Wildman–Crippen MR) is 56.6 cm³/mol. The molecule has 1 rings (SSSR count). The number of nitrogens with zero attached hydrogens (tertiary/aromatic N) is 2. The van der Waals surface area contributed by atoms with Crippen LogP contribution >= 0.6 is 0 Å². The fourth-order valence-electron chi connectivity index (χ4n) is 1.88. The maximum atomic E-state index is 10.9. The highest BCUT2D eigenvalue weighted by Crippen LogP contribution is 2.19. The molecule has 92 valence electrons. The molecule has 0 saturated heterocycles. The first-order valence-electron chi connectivity index (χ1n) is 5.42. The van der Waals surface area contributed by atoms with Crippen molar-refractivity contribution in [1.82, 2.24) is 5.06 Å². The molecule has 0 bridgehead atoms. The number of ether oxygens (including phenoxy) is 1. The van der Waals surface area contributed by atoms with Crippen LogP contribution in [0, 0.1) is 0 Å². The fourth-order valence-corrected chi connectivity index (χ4v) is 1.88. The quantitative estimate of drug-likeness (QED) is 0.428. The van der Waals surface area contributed by atoms with Crippen LogP contribution < -0.4 is 0 Å². The minimum atomic E-state index is -0.364. The Labute approximate surface area is 94.4 Å². The lowest BCUT2D eigenvalue weighted by atomic mass is 9.93. The molecule has 6 heteroatoms. The van der Waals surface area contributed by atoms with Gasteiger partial charge in [0.1, 0.15) is 0 Å². The van der Waals surface area contributed by atoms with Gasteiger partial charge in [0.2, 0.25) is 0 Å². The van der Waals surface area contributed by atoms with Crippen molar-refractivity contribution in [3.05, 3.63) is 0 Å². The average Bonchev–Trinajstić information content (AvgIpc) is 2.35. The predicted octanol–water partition coefficient (Wildman–Crippen LogP) is 1.01. The van der Waals surface area contributed by atoms with E-state index >= 15 is 0 Å². The van der Waals surface area contributed by atoms with Crippen molar-refractivity contribution < 1.29 is 19.9 Å². The normalized spacial score (nSPS) is 23.7. The largest absolute Gasteiger partial charge is 0.469 e. The topological polar surface area (TPSA) is 82.4 Å². The second-order valence-corrected chi connectivity index (χ2v) is 3.84. The highest BCUT2D eigenvalue weighted by Gasteiger charge is 2.26. The van der Waals surface area contributed by atoms with Gasteiger partial charge >= 0.3 is 5.97 Å². The van der Waals surface area contributed by atoms with E-state index in [0.29, 0.717) is 12.1 Å². The summed E-state index contributed by atoms with van der Waals surface area (Å²) < 4.78 is 4.48. The molecule has 1 saturated carbocycles. The Kier molecular flexibility index (Phi) is 5.21. The van der Waals surface area contributed by atoms with Gasteiger partial charge in [0.15, 0.2) is 0 Å². The van der Waals surface area contributed by atoms with E-state index in [-0.39, 0.29) is 25.0 Å². The molecule has 0 aromatic rings. The number of hydroxylamine groups is 2. The van der Waals surface area contributed by atoms with Gasteiger partial charge in [-0.3, -0.25) is 4.79 Å². The Hall–Kier alpha value is -1.14. The molecule has 1 aliphatic carbocycles. The first-order valence-corrected chi connectivity index (χ1v) is 5.42. The Morgan fingerprint density at radius 3 is 3.00 bits per heavy atom. The smallest absolute Gasteiger partial charge is 0.306 e. The lowest BCUT2D eigenvalue weighted by Crippen LogP contribution is -2.42. The Balaban J connectivity index is 2.45. The Bertz CT molecular complexity index is 268. The summed E-state index contributed by atoms with van der Waals surface area (Å²) in [5, 5.41) is 22.8. The third-order valence-corrected chi connectivity index (χ3v) is 2.81. The van der Waals surface area contributed by atoms with Crippen molar-refractivity contribution >= 4 is 11.7 Å². The Morgan fingerprint density at radius 2 is 2.38 bits per heavy atom. The van der Waals surface area contributed by atoms with E-state index in [2.05, 4.69) is 9.89 Å². The van der Waals surface area contributed by atoms with Crippen molar-refractivity contribution in [2.75, 3.05) is 13.7 Å². The number of carbonyl (C=O) groups excluding carboxylic acids is 1. The molecule has 0 aliphatic heterocycles. The van der Waals surface area contributed by atoms with E-state index in [0.717, 1.165) is 24.3 Å². The number of hydrogen-bond donors (Lipinski definition) is 2. The number of methoxy groups -OCH3 is 1. The molecule has 6 nitrogen and oxygen atoms in total. The van der Waals surface area contributed by atoms with E-state index in [1.165, 1.54) is 7.11 Å². The summed E-state index contributed by atoms with van der Waals surface area (Å²) in [5.41, 5.74) is 0.582. The molecule has 1 aliphatic rings. The monoisotopic (exact) mass is 230 g/mol. The Morgan fingerprint density at radius 1 is 1.62 bits per heavy atom. The first-order chi connectivity index (χ1) is 7.69. The van der Waals surface area contributed by atoms with Gasteiger partial charge in [-0.05, 0) is 19.3 Å². The molecule has 16 heavy (non-hydrogen) atoms. The van der Waals surface area contributed by atoms with Gasteiger partial charge in [0.05, 0.1) is 25.3 Å². The van der Waals surface area contributed by atoms with E-state index in [1.54, 1.807) is 0 Å². The van der Waals surface area contributed by atoms with Gasteiger partial charge in [0, 0.05) is 6.54 Å². The highest BCUT2D eigenvalue weighted by molar-refractivity contribution is 5.89. The summed E-state index contributed by atoms with van der Waals surface area (Å²) in [6, 6.07) is -0.275. The third kappa shape index (κ3) is 3.46. The van der Waals surface area contributed by atoms with Crippen LogP contribution in [0.3, 0.4) is 0 Å². The fraction of sp³-hybridized carbons (Fsp3) is 0.800. The molecule has 2 N–H and O–H groups in total. The van der Waals surface area contributed by atoms with Crippen molar-refractivity contribution in [2.24, 2.45) is 5.16 Å². The van der Waals surface area contributed by atoms with Crippen LogP contribution in [-0.4, -0.2) is 46.9 Å². The minimum absolute atomic E-state index is 0.127. The summed E-state index contributed by atoms with van der Waals surface area (Å²) in [4.78, 5) is 10.9. The van der Waals surface area contributed by atoms with Crippen molar-refractivity contribution in [2.45, 2.75) is 38.1 Å². The van der Waals surface area contributed by atoms with E-state index in [9.17, 15) is 10.0 Å². The lowest BCUT2D eigenvalue weighted by molar-refractivity contribution is -0.148. The van der Waals surface area contributed by atoms with Crippen molar-refractivity contribution in [3.63, 3.8) is 0 Å². The molecule has 0 radical (unpaired) electrons. The highest BCUT2D eigenvalue weighted by atomic mass is 16.5. The van der Waals surface area contributed by atoms with Crippen molar-refractivity contribution in [1.29, 1.82) is 0 Å². The van der Waals surface area contributed by atoms with Gasteiger partial charge in [-0.2, -0.15) is 5.06 Å². The van der Waals surface area contributed by atoms with Crippen LogP contribution in [0.15, 0.2) is 5.16 Å². The minimum Gasteiger partial charge on any atom is -0.469 e. The standard InChI is InChI=1S/C10H18N2O4/c1-16-10(13)6-7-12(15)9-5-3-2-4-8(9)11-14/h9,14-15H,2-7H2,1H3/b11-8-. The molecule has 0 heterocycles. The molecular formula is C10H18N2O4. The van der Waals surface area contributed by atoms with E-state index < -0.39 is 0 Å². The second kappa shape index (κ2) is 6.44. The third-order valence-electron chi connectivity index (χ3n) is 2.81. The average molecular weight is 230 g/mol. The van der Waals surface area contributed by atoms with Crippen LogP contribution in [-0.2, 0) is 9.53 Å². The zero-order valence-electron chi connectivity index (χ0n) is 9.43. The second-order valence-electron chi connectivity index (χ2n) is 3.84. The van der Waals surface area contributed by atoms with Gasteiger partial charge in [-0.15, -0.1) is 0 Å². The zero-order valence-corrected chi connectivity index (χ0v) is 9.43. The summed E-state index contributed by atoms with van der Waals surface area (Å²) in [6.45, 7) is 0.191. The van der Waals surface area contributed by atoms with Gasteiger partial charge < -0.3 is 15.2 Å². The van der Waals surface area contributed by atoms with Crippen LogP contribution in [0.5, 0.6) is 0 Å². The molecule has 0 amide bonds. The van der Waals surface area contributed by atoms with Gasteiger partial charge in [-0.25, -0.2) is 0 Å². The van der Waals surface area contributed by atoms with E-state index in [1.807, 2.05) is 0 Å². The number of hydrogen-bond acceptors (Lipinski definition) is 6. The summed E-state index contributed by atoms with van der Waals surface area (Å²) in [7, 11) is 1.31. The maximum Gasteiger partial charge on any atom is 0.306 e. The SMILES string of the molecule is COC(=O)CCN(O)C1CCCC/C1=N/O. The van der Waals surface area contributed by atoms with Crippen LogP contribution in [0.25, 0.3) is 0 Å². The molecule has 0 spiro atoms. The van der Waals surface area contributed by atoms with Crippen LogP contribution in [0.2, 0.25) is 0 Å². The van der Waals surface area contributed by atoms with Crippen LogP contribution in [0.1, 0.15) is 32.1 Å². The molecule has 1 atom stereocenters. The molecule has 0 aromatic heterocycles.